The van der Waals surface area contributed by atoms with Gasteiger partial charge in [-0.15, -0.1) is 10.2 Å². The summed E-state index contributed by atoms with van der Waals surface area (Å²) < 4.78 is 7.08. The molecule has 0 aliphatic rings. The van der Waals surface area contributed by atoms with Crippen LogP contribution in [-0.2, 0) is 5.75 Å². The average Bonchev–Trinajstić information content (AvgIpc) is 3.05. The molecule has 0 aliphatic heterocycles. The van der Waals surface area contributed by atoms with Gasteiger partial charge in [-0.2, -0.15) is 0 Å². The fourth-order valence-electron chi connectivity index (χ4n) is 1.97. The maximum absolute atomic E-state index is 6.03. The number of hydrogen-bond acceptors (Lipinski definition) is 5. The summed E-state index contributed by atoms with van der Waals surface area (Å²) in [6.45, 7) is 3.85. The van der Waals surface area contributed by atoms with E-state index >= 15 is 0 Å². The molecule has 0 fully saturated rings. The number of benzene rings is 1. The lowest BCUT2D eigenvalue weighted by molar-refractivity contribution is 0.392. The van der Waals surface area contributed by atoms with Crippen molar-refractivity contribution in [1.82, 2.24) is 19.9 Å². The Balaban J connectivity index is 1.83. The topological polar surface area (TPSA) is 56.7 Å². The molecular weight excluding hydrogens is 308 g/mol. The van der Waals surface area contributed by atoms with E-state index in [0.29, 0.717) is 5.02 Å². The molecule has 0 saturated carbocycles. The molecular formula is C14H13ClN4OS. The van der Waals surface area contributed by atoms with E-state index in [4.69, 9.17) is 16.1 Å². The minimum Gasteiger partial charge on any atom is -0.361 e. The van der Waals surface area contributed by atoms with Crippen LogP contribution in [0, 0.1) is 13.8 Å². The molecule has 1 aromatic carbocycles. The summed E-state index contributed by atoms with van der Waals surface area (Å²) in [6, 6.07) is 7.59. The van der Waals surface area contributed by atoms with Crippen LogP contribution in [0.4, 0.5) is 0 Å². The lowest BCUT2D eigenvalue weighted by Crippen LogP contribution is -1.95. The molecule has 2 heterocycles. The van der Waals surface area contributed by atoms with Crippen molar-refractivity contribution in [3.63, 3.8) is 0 Å². The van der Waals surface area contributed by atoms with Crippen LogP contribution in [0.5, 0.6) is 0 Å². The van der Waals surface area contributed by atoms with Crippen LogP contribution in [0.15, 0.2) is 40.3 Å². The number of aryl methyl sites for hydroxylation is 2. The maximum atomic E-state index is 6.03. The highest BCUT2D eigenvalue weighted by atomic mass is 35.5. The summed E-state index contributed by atoms with van der Waals surface area (Å²) >= 11 is 7.62. The number of rotatable bonds is 4. The van der Waals surface area contributed by atoms with Crippen molar-refractivity contribution >= 4 is 23.4 Å². The maximum Gasteiger partial charge on any atom is 0.195 e. The third kappa shape index (κ3) is 2.96. The Bertz CT molecular complexity index is 748. The Morgan fingerprint density at radius 2 is 2.19 bits per heavy atom. The molecule has 0 saturated heterocycles. The summed E-state index contributed by atoms with van der Waals surface area (Å²) in [7, 11) is 0. The Labute approximate surface area is 131 Å². The summed E-state index contributed by atoms with van der Waals surface area (Å²) in [5.74, 6) is 1.58. The monoisotopic (exact) mass is 320 g/mol. The van der Waals surface area contributed by atoms with Crippen molar-refractivity contribution in [3.8, 4) is 5.69 Å². The molecule has 0 amide bonds. The molecule has 0 unspecified atom stereocenters. The van der Waals surface area contributed by atoms with Crippen molar-refractivity contribution in [1.29, 1.82) is 0 Å². The zero-order valence-electron chi connectivity index (χ0n) is 11.6. The van der Waals surface area contributed by atoms with Gasteiger partial charge in [-0.3, -0.25) is 4.57 Å². The van der Waals surface area contributed by atoms with Crippen LogP contribution in [0.25, 0.3) is 5.69 Å². The number of aromatic nitrogens is 4. The highest BCUT2D eigenvalue weighted by Gasteiger charge is 2.13. The largest absolute Gasteiger partial charge is 0.361 e. The van der Waals surface area contributed by atoms with Crippen LogP contribution in [-0.4, -0.2) is 19.9 Å². The third-order valence-electron chi connectivity index (χ3n) is 3.13. The van der Waals surface area contributed by atoms with Crippen LogP contribution < -0.4 is 0 Å². The highest BCUT2D eigenvalue weighted by Crippen LogP contribution is 2.27. The van der Waals surface area contributed by atoms with Gasteiger partial charge in [-0.05, 0) is 32.0 Å². The third-order valence-corrected chi connectivity index (χ3v) is 4.33. The van der Waals surface area contributed by atoms with E-state index in [0.717, 1.165) is 33.6 Å². The van der Waals surface area contributed by atoms with E-state index in [9.17, 15) is 0 Å². The molecule has 21 heavy (non-hydrogen) atoms. The van der Waals surface area contributed by atoms with Crippen LogP contribution in [0.1, 0.15) is 17.0 Å². The molecule has 0 radical (unpaired) electrons. The van der Waals surface area contributed by atoms with E-state index in [2.05, 4.69) is 15.4 Å². The molecule has 108 valence electrons. The lowest BCUT2D eigenvalue weighted by atomic mass is 10.2. The van der Waals surface area contributed by atoms with Gasteiger partial charge in [0.25, 0.3) is 0 Å². The fourth-order valence-corrected chi connectivity index (χ4v) is 3.24. The van der Waals surface area contributed by atoms with Crippen molar-refractivity contribution in [2.75, 3.05) is 0 Å². The normalized spacial score (nSPS) is 11.0. The molecule has 3 aromatic rings. The van der Waals surface area contributed by atoms with Crippen molar-refractivity contribution in [2.24, 2.45) is 0 Å². The molecule has 5 nitrogen and oxygen atoms in total. The van der Waals surface area contributed by atoms with E-state index in [1.165, 1.54) is 0 Å². The predicted molar refractivity (Wildman–Crippen MR) is 81.9 cm³/mol. The summed E-state index contributed by atoms with van der Waals surface area (Å²) in [5.41, 5.74) is 2.95. The van der Waals surface area contributed by atoms with E-state index in [-0.39, 0.29) is 0 Å². The molecule has 7 heteroatoms. The van der Waals surface area contributed by atoms with Crippen molar-refractivity contribution < 1.29 is 4.52 Å². The molecule has 0 aliphatic carbocycles. The van der Waals surface area contributed by atoms with E-state index in [1.54, 1.807) is 18.1 Å². The van der Waals surface area contributed by atoms with Gasteiger partial charge in [0.1, 0.15) is 12.1 Å². The lowest BCUT2D eigenvalue weighted by Gasteiger charge is -2.06. The molecule has 0 spiro atoms. The predicted octanol–water partition coefficient (Wildman–Crippen LogP) is 3.82. The van der Waals surface area contributed by atoms with Gasteiger partial charge < -0.3 is 4.52 Å². The van der Waals surface area contributed by atoms with E-state index in [1.807, 2.05) is 42.7 Å². The van der Waals surface area contributed by atoms with Gasteiger partial charge >= 0.3 is 0 Å². The first-order chi connectivity index (χ1) is 10.1. The quantitative estimate of drug-likeness (QED) is 0.684. The number of halogens is 1. The SMILES string of the molecule is Cc1noc(C)c1CSc1nncn1-c1cccc(Cl)c1. The molecule has 0 bridgehead atoms. The second-order valence-corrected chi connectivity index (χ2v) is 5.93. The Kier molecular flexibility index (Phi) is 3.98. The van der Waals surface area contributed by atoms with E-state index < -0.39 is 0 Å². The second-order valence-electron chi connectivity index (χ2n) is 4.55. The highest BCUT2D eigenvalue weighted by molar-refractivity contribution is 7.98. The Morgan fingerprint density at radius 3 is 2.90 bits per heavy atom. The van der Waals surface area contributed by atoms with Crippen molar-refractivity contribution in [2.45, 2.75) is 24.8 Å². The number of hydrogen-bond donors (Lipinski definition) is 0. The Hall–Kier alpha value is -1.79. The van der Waals surface area contributed by atoms with Crippen molar-refractivity contribution in [3.05, 3.63) is 52.6 Å². The van der Waals surface area contributed by atoms with Gasteiger partial charge in [0, 0.05) is 16.3 Å². The van der Waals surface area contributed by atoms with Crippen LogP contribution in [0.2, 0.25) is 5.02 Å². The van der Waals surface area contributed by atoms with Gasteiger partial charge in [0.15, 0.2) is 5.16 Å². The first-order valence-corrected chi connectivity index (χ1v) is 7.72. The summed E-state index contributed by atoms with van der Waals surface area (Å²) in [4.78, 5) is 0. The molecule has 2 aromatic heterocycles. The minimum atomic E-state index is 0.683. The molecule has 0 atom stereocenters. The zero-order valence-corrected chi connectivity index (χ0v) is 13.1. The minimum absolute atomic E-state index is 0.683. The number of thioether (sulfide) groups is 1. The van der Waals surface area contributed by atoms with Gasteiger partial charge in [0.05, 0.1) is 11.4 Å². The Morgan fingerprint density at radius 1 is 1.33 bits per heavy atom. The molecule has 3 rings (SSSR count). The standard InChI is InChI=1S/C14H13ClN4OS/c1-9-13(10(2)20-18-9)7-21-14-17-16-8-19(14)12-5-3-4-11(15)6-12/h3-6,8H,7H2,1-2H3. The zero-order chi connectivity index (χ0) is 14.8. The first-order valence-electron chi connectivity index (χ1n) is 6.35. The van der Waals surface area contributed by atoms with Crippen LogP contribution >= 0.6 is 23.4 Å². The van der Waals surface area contributed by atoms with Gasteiger partial charge in [-0.25, -0.2) is 0 Å². The first kappa shape index (κ1) is 14.2. The fraction of sp³-hybridized carbons (Fsp3) is 0.214. The average molecular weight is 321 g/mol. The van der Waals surface area contributed by atoms with Gasteiger partial charge in [0.2, 0.25) is 0 Å². The summed E-state index contributed by atoms with van der Waals surface area (Å²) in [6.07, 6.45) is 1.68. The summed E-state index contributed by atoms with van der Waals surface area (Å²) in [5, 5.41) is 13.6. The van der Waals surface area contributed by atoms with Gasteiger partial charge in [-0.1, -0.05) is 34.6 Å². The molecule has 0 N–H and O–H groups in total. The van der Waals surface area contributed by atoms with Crippen LogP contribution in [0.3, 0.4) is 0 Å². The smallest absolute Gasteiger partial charge is 0.195 e. The second kappa shape index (κ2) is 5.91. The number of nitrogens with zero attached hydrogens (tertiary/aromatic N) is 4.